The van der Waals surface area contributed by atoms with E-state index in [9.17, 15) is 9.50 Å². The third kappa shape index (κ3) is 4.10. The van der Waals surface area contributed by atoms with Crippen molar-refractivity contribution in [3.63, 3.8) is 0 Å². The topological polar surface area (TPSA) is 23.5 Å². The molecule has 0 aromatic heterocycles. The van der Waals surface area contributed by atoms with Crippen molar-refractivity contribution in [2.75, 3.05) is 19.6 Å². The van der Waals surface area contributed by atoms with Gasteiger partial charge in [-0.05, 0) is 55.6 Å². The maximum absolute atomic E-state index is 13.4. The summed E-state index contributed by atoms with van der Waals surface area (Å²) in [5, 5.41) is 11.8. The maximum atomic E-state index is 13.4. The van der Waals surface area contributed by atoms with Crippen molar-refractivity contribution in [1.29, 1.82) is 0 Å². The predicted molar refractivity (Wildman–Crippen MR) is 100 cm³/mol. The van der Waals surface area contributed by atoms with Crippen LogP contribution >= 0.6 is 0 Å². The molecule has 3 heteroatoms. The second kappa shape index (κ2) is 8.11. The molecule has 1 N–H and O–H groups in total. The first-order valence-corrected chi connectivity index (χ1v) is 9.39. The lowest BCUT2D eigenvalue weighted by molar-refractivity contribution is -0.0118. The first kappa shape index (κ1) is 18.1. The molecule has 134 valence electrons. The van der Waals surface area contributed by atoms with Crippen molar-refractivity contribution >= 4 is 0 Å². The highest BCUT2D eigenvalue weighted by molar-refractivity contribution is 5.32. The fourth-order valence-electron chi connectivity index (χ4n) is 4.08. The number of benzene rings is 2. The fraction of sp³-hybridized carbons (Fsp3) is 0.455. The lowest BCUT2D eigenvalue weighted by atomic mass is 9.74. The summed E-state index contributed by atoms with van der Waals surface area (Å²) in [5.74, 6) is -0.296. The van der Waals surface area contributed by atoms with E-state index in [0.717, 1.165) is 37.2 Å². The number of likely N-dealkylation sites (tertiary alicyclic amines) is 1. The quantitative estimate of drug-likeness (QED) is 0.789. The van der Waals surface area contributed by atoms with Crippen molar-refractivity contribution in [3.8, 4) is 0 Å². The van der Waals surface area contributed by atoms with Crippen molar-refractivity contribution in [1.82, 2.24) is 4.90 Å². The van der Waals surface area contributed by atoms with E-state index >= 15 is 0 Å². The highest BCUT2D eigenvalue weighted by Gasteiger charge is 2.39. The number of nitrogens with zero attached hydrogens (tertiary/aromatic N) is 1. The Hall–Kier alpha value is -1.71. The largest absolute Gasteiger partial charge is 0.384 e. The van der Waals surface area contributed by atoms with Crippen LogP contribution in [0.2, 0.25) is 0 Å². The Morgan fingerprint density at radius 3 is 2.28 bits per heavy atom. The van der Waals surface area contributed by atoms with Gasteiger partial charge in [0, 0.05) is 12.5 Å². The Balaban J connectivity index is 2.00. The van der Waals surface area contributed by atoms with Crippen LogP contribution in [0, 0.1) is 5.82 Å². The molecule has 0 bridgehead atoms. The average molecular weight is 341 g/mol. The molecule has 2 aromatic carbocycles. The zero-order valence-corrected chi connectivity index (χ0v) is 15.0. The van der Waals surface area contributed by atoms with Gasteiger partial charge in [0.2, 0.25) is 0 Å². The zero-order valence-electron chi connectivity index (χ0n) is 15.0. The van der Waals surface area contributed by atoms with E-state index in [4.69, 9.17) is 0 Å². The SMILES string of the molecule is CCC[C@@](O)(c1ccc(F)cc1)[C@@H](CN1CCCC1)c1ccccc1. The molecule has 0 unspecified atom stereocenters. The molecule has 0 aliphatic carbocycles. The van der Waals surface area contributed by atoms with Gasteiger partial charge in [0.05, 0.1) is 5.60 Å². The Labute approximate surface area is 150 Å². The minimum absolute atomic E-state index is 0.0304. The summed E-state index contributed by atoms with van der Waals surface area (Å²) in [4.78, 5) is 2.45. The molecular weight excluding hydrogens is 313 g/mol. The van der Waals surface area contributed by atoms with Crippen LogP contribution < -0.4 is 0 Å². The summed E-state index contributed by atoms with van der Waals surface area (Å²) in [7, 11) is 0. The van der Waals surface area contributed by atoms with Gasteiger partial charge in [-0.15, -0.1) is 0 Å². The molecular formula is C22H28FNO. The van der Waals surface area contributed by atoms with Crippen LogP contribution in [0.5, 0.6) is 0 Å². The summed E-state index contributed by atoms with van der Waals surface area (Å²) in [6.45, 7) is 5.11. The summed E-state index contributed by atoms with van der Waals surface area (Å²) >= 11 is 0. The van der Waals surface area contributed by atoms with Crippen LogP contribution in [0.4, 0.5) is 4.39 Å². The van der Waals surface area contributed by atoms with Gasteiger partial charge in [-0.3, -0.25) is 0 Å². The monoisotopic (exact) mass is 341 g/mol. The van der Waals surface area contributed by atoms with Crippen LogP contribution in [-0.2, 0) is 5.60 Å². The highest BCUT2D eigenvalue weighted by atomic mass is 19.1. The van der Waals surface area contributed by atoms with E-state index in [1.54, 1.807) is 12.1 Å². The second-order valence-corrected chi connectivity index (χ2v) is 7.15. The number of hydrogen-bond acceptors (Lipinski definition) is 2. The van der Waals surface area contributed by atoms with E-state index in [0.29, 0.717) is 6.42 Å². The predicted octanol–water partition coefficient (Wildman–Crippen LogP) is 4.69. The van der Waals surface area contributed by atoms with E-state index in [1.165, 1.54) is 25.0 Å². The third-order valence-electron chi connectivity index (χ3n) is 5.39. The number of rotatable bonds is 7. The highest BCUT2D eigenvalue weighted by Crippen LogP contribution is 2.41. The van der Waals surface area contributed by atoms with Gasteiger partial charge in [0.1, 0.15) is 5.82 Å². The maximum Gasteiger partial charge on any atom is 0.123 e. The van der Waals surface area contributed by atoms with Crippen molar-refractivity contribution in [2.24, 2.45) is 0 Å². The lowest BCUT2D eigenvalue weighted by Gasteiger charge is -2.39. The van der Waals surface area contributed by atoms with E-state index in [1.807, 2.05) is 18.2 Å². The van der Waals surface area contributed by atoms with Crippen molar-refractivity contribution < 1.29 is 9.50 Å². The molecule has 2 atom stereocenters. The number of aliphatic hydroxyl groups is 1. The molecule has 0 spiro atoms. The van der Waals surface area contributed by atoms with Crippen molar-refractivity contribution in [3.05, 3.63) is 71.5 Å². The fourth-order valence-corrected chi connectivity index (χ4v) is 4.08. The summed E-state index contributed by atoms with van der Waals surface area (Å²) in [6.07, 6.45) is 3.98. The standard InChI is InChI=1S/C22H28FNO/c1-2-14-22(25,19-10-12-20(23)13-11-19)21(17-24-15-6-7-16-24)18-8-4-3-5-9-18/h3-5,8-13,21,25H,2,6-7,14-17H2,1H3/t21-,22+/m0/s1. The van der Waals surface area contributed by atoms with Gasteiger partial charge in [-0.25, -0.2) is 4.39 Å². The minimum atomic E-state index is -0.994. The van der Waals surface area contributed by atoms with E-state index < -0.39 is 5.60 Å². The Kier molecular flexibility index (Phi) is 5.87. The molecule has 0 amide bonds. The first-order chi connectivity index (χ1) is 12.1. The molecule has 1 saturated heterocycles. The van der Waals surface area contributed by atoms with Crippen LogP contribution in [0.1, 0.15) is 49.7 Å². The van der Waals surface area contributed by atoms with Gasteiger partial charge in [0.15, 0.2) is 0 Å². The molecule has 25 heavy (non-hydrogen) atoms. The van der Waals surface area contributed by atoms with Gasteiger partial charge in [-0.1, -0.05) is 55.8 Å². The Morgan fingerprint density at radius 1 is 1.04 bits per heavy atom. The van der Waals surface area contributed by atoms with E-state index in [2.05, 4.69) is 24.0 Å². The number of hydrogen-bond donors (Lipinski definition) is 1. The molecule has 3 rings (SSSR count). The smallest absolute Gasteiger partial charge is 0.123 e. The van der Waals surface area contributed by atoms with Crippen LogP contribution in [0.15, 0.2) is 54.6 Å². The zero-order chi connectivity index (χ0) is 17.7. The molecule has 1 aliphatic heterocycles. The van der Waals surface area contributed by atoms with Gasteiger partial charge in [0.25, 0.3) is 0 Å². The lowest BCUT2D eigenvalue weighted by Crippen LogP contribution is -2.40. The summed E-state index contributed by atoms with van der Waals surface area (Å²) in [6, 6.07) is 16.7. The van der Waals surface area contributed by atoms with Crippen molar-refractivity contribution in [2.45, 2.75) is 44.1 Å². The van der Waals surface area contributed by atoms with Gasteiger partial charge >= 0.3 is 0 Å². The Morgan fingerprint density at radius 2 is 1.68 bits per heavy atom. The normalized spacial score (nSPS) is 18.8. The van der Waals surface area contributed by atoms with Crippen LogP contribution in [-0.4, -0.2) is 29.6 Å². The summed E-state index contributed by atoms with van der Waals surface area (Å²) < 4.78 is 13.4. The first-order valence-electron chi connectivity index (χ1n) is 9.39. The molecule has 1 fully saturated rings. The molecule has 2 aromatic rings. The number of halogens is 1. The summed E-state index contributed by atoms with van der Waals surface area (Å²) in [5.41, 5.74) is 0.963. The van der Waals surface area contributed by atoms with Gasteiger partial charge in [-0.2, -0.15) is 0 Å². The molecule has 2 nitrogen and oxygen atoms in total. The molecule has 0 saturated carbocycles. The second-order valence-electron chi connectivity index (χ2n) is 7.15. The van der Waals surface area contributed by atoms with Crippen LogP contribution in [0.3, 0.4) is 0 Å². The molecule has 1 heterocycles. The molecule has 0 radical (unpaired) electrons. The third-order valence-corrected chi connectivity index (χ3v) is 5.39. The van der Waals surface area contributed by atoms with Crippen LogP contribution in [0.25, 0.3) is 0 Å². The average Bonchev–Trinajstić information content (AvgIpc) is 3.14. The minimum Gasteiger partial charge on any atom is -0.384 e. The molecule has 1 aliphatic rings. The Bertz CT molecular complexity index is 651. The van der Waals surface area contributed by atoms with E-state index in [-0.39, 0.29) is 11.7 Å². The van der Waals surface area contributed by atoms with Gasteiger partial charge < -0.3 is 10.0 Å².